The van der Waals surface area contributed by atoms with E-state index in [4.69, 9.17) is 10.5 Å². The van der Waals surface area contributed by atoms with Gasteiger partial charge in [-0.1, -0.05) is 0 Å². The third-order valence-electron chi connectivity index (χ3n) is 4.07. The number of hydrogen-bond acceptors (Lipinski definition) is 5. The molecule has 0 radical (unpaired) electrons. The fraction of sp³-hybridized carbons (Fsp3) is 0.294. The lowest BCUT2D eigenvalue weighted by atomic mass is 10.0. The molecule has 1 aromatic heterocycles. The van der Waals surface area contributed by atoms with Crippen molar-refractivity contribution in [1.82, 2.24) is 4.90 Å². The number of carbonyl (C=O) groups is 2. The molecule has 6 nitrogen and oxygen atoms in total. The van der Waals surface area contributed by atoms with Crippen molar-refractivity contribution in [3.63, 3.8) is 0 Å². The number of amides is 2. The van der Waals surface area contributed by atoms with Crippen molar-refractivity contribution in [1.29, 1.82) is 0 Å². The average molecular weight is 382 g/mol. The van der Waals surface area contributed by atoms with Gasteiger partial charge in [-0.25, -0.2) is 0 Å². The molecular formula is C17H20ClN3O3S. The molecule has 0 fully saturated rings. The highest BCUT2D eigenvalue weighted by atomic mass is 35.5. The molecule has 0 unspecified atom stereocenters. The number of nitrogens with one attached hydrogen (secondary N) is 1. The van der Waals surface area contributed by atoms with Gasteiger partial charge in [0.1, 0.15) is 10.8 Å². The minimum absolute atomic E-state index is 0. The Kier molecular flexibility index (Phi) is 6.05. The zero-order valence-electron chi connectivity index (χ0n) is 14.0. The molecule has 3 N–H and O–H groups in total. The lowest BCUT2D eigenvalue weighted by Crippen LogP contribution is -2.27. The maximum atomic E-state index is 12.5. The first-order valence-electron chi connectivity index (χ1n) is 7.58. The highest BCUT2D eigenvalue weighted by Crippen LogP contribution is 2.36. The predicted octanol–water partition coefficient (Wildman–Crippen LogP) is 2.52. The molecule has 3 rings (SSSR count). The number of primary amides is 1. The number of methoxy groups -OCH3 is 1. The topological polar surface area (TPSA) is 84.7 Å². The number of carbonyl (C=O) groups excluding carboxylic acids is 2. The Labute approximate surface area is 156 Å². The van der Waals surface area contributed by atoms with Crippen LogP contribution in [0.2, 0.25) is 0 Å². The Morgan fingerprint density at radius 2 is 1.96 bits per heavy atom. The quantitative estimate of drug-likeness (QED) is 0.852. The van der Waals surface area contributed by atoms with Crippen LogP contribution in [0.3, 0.4) is 0 Å². The van der Waals surface area contributed by atoms with Crippen molar-refractivity contribution in [3.05, 3.63) is 45.8 Å². The molecule has 2 heterocycles. The Morgan fingerprint density at radius 1 is 1.28 bits per heavy atom. The van der Waals surface area contributed by atoms with Gasteiger partial charge in [-0.05, 0) is 43.3 Å². The summed E-state index contributed by atoms with van der Waals surface area (Å²) in [5.74, 6) is -0.0896. The van der Waals surface area contributed by atoms with E-state index in [0.717, 1.165) is 30.0 Å². The van der Waals surface area contributed by atoms with Crippen LogP contribution in [0.5, 0.6) is 5.75 Å². The number of fused-ring (bicyclic) bond motifs is 1. The van der Waals surface area contributed by atoms with Crippen molar-refractivity contribution >= 4 is 40.6 Å². The van der Waals surface area contributed by atoms with Crippen LogP contribution in [0.25, 0.3) is 0 Å². The Morgan fingerprint density at radius 3 is 2.56 bits per heavy atom. The summed E-state index contributed by atoms with van der Waals surface area (Å²) in [6.07, 6.45) is 0.763. The number of likely N-dealkylation sites (N-methyl/N-ethyl adjacent to an activating group) is 1. The van der Waals surface area contributed by atoms with E-state index in [9.17, 15) is 9.59 Å². The molecule has 1 aliphatic rings. The van der Waals surface area contributed by atoms with E-state index in [-0.39, 0.29) is 18.3 Å². The maximum absolute atomic E-state index is 12.5. The molecule has 8 heteroatoms. The molecule has 2 amide bonds. The standard InChI is InChI=1S/C17H19N3O3S.ClH/c1-20-8-7-12-13(9-20)24-17(14(12)15(18)21)19-16(22)10-3-5-11(23-2)6-4-10;/h3-6H,7-9H2,1-2H3,(H2,18,21)(H,19,22);1H. The van der Waals surface area contributed by atoms with E-state index < -0.39 is 5.91 Å². The Bertz CT molecular complexity index is 789. The summed E-state index contributed by atoms with van der Waals surface area (Å²) >= 11 is 1.43. The number of rotatable bonds is 4. The van der Waals surface area contributed by atoms with Crippen LogP contribution in [-0.2, 0) is 13.0 Å². The molecule has 0 bridgehead atoms. The Balaban J connectivity index is 0.00000225. The zero-order valence-corrected chi connectivity index (χ0v) is 15.6. The van der Waals surface area contributed by atoms with Crippen LogP contribution in [-0.4, -0.2) is 37.4 Å². The molecule has 134 valence electrons. The first kappa shape index (κ1) is 19.2. The minimum atomic E-state index is -0.498. The molecule has 0 aliphatic carbocycles. The molecule has 2 aromatic rings. The molecule has 0 saturated heterocycles. The summed E-state index contributed by atoms with van der Waals surface area (Å²) in [6, 6.07) is 6.80. The van der Waals surface area contributed by atoms with Crippen LogP contribution in [0, 0.1) is 0 Å². The molecule has 0 atom stereocenters. The average Bonchev–Trinajstić information content (AvgIpc) is 2.91. The second-order valence-corrected chi connectivity index (χ2v) is 6.85. The molecule has 1 aliphatic heterocycles. The molecule has 0 saturated carbocycles. The Hall–Kier alpha value is -2.09. The third-order valence-corrected chi connectivity index (χ3v) is 5.21. The van der Waals surface area contributed by atoms with Gasteiger partial charge in [0, 0.05) is 23.5 Å². The summed E-state index contributed by atoms with van der Waals surface area (Å²) in [6.45, 7) is 1.63. The van der Waals surface area contributed by atoms with Gasteiger partial charge in [0.25, 0.3) is 11.8 Å². The fourth-order valence-corrected chi connectivity index (χ4v) is 4.13. The summed E-state index contributed by atoms with van der Waals surface area (Å²) in [7, 11) is 3.60. The van der Waals surface area contributed by atoms with Gasteiger partial charge in [-0.3, -0.25) is 9.59 Å². The van der Waals surface area contributed by atoms with Crippen LogP contribution in [0.4, 0.5) is 5.00 Å². The second kappa shape index (κ2) is 7.86. The van der Waals surface area contributed by atoms with E-state index in [2.05, 4.69) is 10.2 Å². The summed E-state index contributed by atoms with van der Waals surface area (Å²) in [5.41, 5.74) is 7.47. The SMILES string of the molecule is COc1ccc(C(=O)Nc2sc3c(c2C(N)=O)CCN(C)C3)cc1.Cl. The first-order valence-corrected chi connectivity index (χ1v) is 8.39. The number of benzene rings is 1. The smallest absolute Gasteiger partial charge is 0.256 e. The predicted molar refractivity (Wildman–Crippen MR) is 101 cm³/mol. The van der Waals surface area contributed by atoms with Gasteiger partial charge < -0.3 is 20.7 Å². The number of anilines is 1. The van der Waals surface area contributed by atoms with E-state index >= 15 is 0 Å². The van der Waals surface area contributed by atoms with Crippen LogP contribution < -0.4 is 15.8 Å². The highest BCUT2D eigenvalue weighted by Gasteiger charge is 2.26. The van der Waals surface area contributed by atoms with Gasteiger partial charge >= 0.3 is 0 Å². The molecule has 1 aromatic carbocycles. The summed E-state index contributed by atoms with van der Waals surface area (Å²) in [4.78, 5) is 27.6. The first-order chi connectivity index (χ1) is 11.5. The third kappa shape index (κ3) is 3.95. The number of ether oxygens (including phenoxy) is 1. The number of halogens is 1. The van der Waals surface area contributed by atoms with E-state index in [0.29, 0.717) is 21.9 Å². The summed E-state index contributed by atoms with van der Waals surface area (Å²) < 4.78 is 5.09. The van der Waals surface area contributed by atoms with Gasteiger partial charge in [-0.15, -0.1) is 23.7 Å². The number of thiophene rings is 1. The molecule has 25 heavy (non-hydrogen) atoms. The van der Waals surface area contributed by atoms with Gasteiger partial charge in [0.05, 0.1) is 12.7 Å². The van der Waals surface area contributed by atoms with Crippen molar-refractivity contribution in [2.24, 2.45) is 5.73 Å². The monoisotopic (exact) mass is 381 g/mol. The normalized spacial score (nSPS) is 13.5. The molecule has 0 spiro atoms. The summed E-state index contributed by atoms with van der Waals surface area (Å²) in [5, 5.41) is 3.37. The lowest BCUT2D eigenvalue weighted by Gasteiger charge is -2.22. The highest BCUT2D eigenvalue weighted by molar-refractivity contribution is 7.17. The second-order valence-electron chi connectivity index (χ2n) is 5.74. The van der Waals surface area contributed by atoms with Crippen molar-refractivity contribution in [2.45, 2.75) is 13.0 Å². The van der Waals surface area contributed by atoms with Crippen LogP contribution in [0.1, 0.15) is 31.2 Å². The number of nitrogens with zero attached hydrogens (tertiary/aromatic N) is 1. The largest absolute Gasteiger partial charge is 0.497 e. The van der Waals surface area contributed by atoms with Crippen molar-refractivity contribution < 1.29 is 14.3 Å². The fourth-order valence-electron chi connectivity index (χ4n) is 2.80. The van der Waals surface area contributed by atoms with Gasteiger partial charge in [0.15, 0.2) is 0 Å². The van der Waals surface area contributed by atoms with Crippen molar-refractivity contribution in [2.75, 3.05) is 26.0 Å². The van der Waals surface area contributed by atoms with E-state index in [1.54, 1.807) is 31.4 Å². The van der Waals surface area contributed by atoms with Crippen LogP contribution >= 0.6 is 23.7 Å². The van der Waals surface area contributed by atoms with E-state index in [1.807, 2.05) is 7.05 Å². The van der Waals surface area contributed by atoms with Gasteiger partial charge in [0.2, 0.25) is 0 Å². The van der Waals surface area contributed by atoms with E-state index in [1.165, 1.54) is 11.3 Å². The maximum Gasteiger partial charge on any atom is 0.256 e. The van der Waals surface area contributed by atoms with Gasteiger partial charge in [-0.2, -0.15) is 0 Å². The number of hydrogen-bond donors (Lipinski definition) is 2. The zero-order chi connectivity index (χ0) is 17.3. The van der Waals surface area contributed by atoms with Crippen molar-refractivity contribution in [3.8, 4) is 5.75 Å². The minimum Gasteiger partial charge on any atom is -0.497 e. The lowest BCUT2D eigenvalue weighted by molar-refractivity contribution is 0.1000. The molecular weight excluding hydrogens is 362 g/mol. The van der Waals surface area contributed by atoms with Crippen LogP contribution in [0.15, 0.2) is 24.3 Å². The number of nitrogens with two attached hydrogens (primary N) is 1.